The predicted octanol–water partition coefficient (Wildman–Crippen LogP) is 0.630. The molecule has 0 saturated heterocycles. The summed E-state index contributed by atoms with van der Waals surface area (Å²) in [4.78, 5) is 13.6. The molecule has 6 heteroatoms. The van der Waals surface area contributed by atoms with Gasteiger partial charge in [-0.3, -0.25) is 9.69 Å². The average molecular weight is 291 g/mol. The van der Waals surface area contributed by atoms with Gasteiger partial charge >= 0.3 is 0 Å². The molecule has 1 atom stereocenters. The maximum Gasteiger partial charge on any atom is 0.238 e. The van der Waals surface area contributed by atoms with Gasteiger partial charge < -0.3 is 15.2 Å². The topological polar surface area (TPSA) is 85.6 Å². The van der Waals surface area contributed by atoms with E-state index in [1.54, 1.807) is 24.1 Å². The van der Waals surface area contributed by atoms with Crippen molar-refractivity contribution in [3.8, 4) is 6.07 Å². The SMILES string of the molecule is COCC(O)CN(C)CC(=O)Nc1ccc(CC#N)cc1. The fourth-order valence-corrected chi connectivity index (χ4v) is 1.91. The number of ether oxygens (including phenoxy) is 1. The van der Waals surface area contributed by atoms with Crippen molar-refractivity contribution in [3.05, 3.63) is 29.8 Å². The van der Waals surface area contributed by atoms with Crippen LogP contribution in [0.4, 0.5) is 5.69 Å². The highest BCUT2D eigenvalue weighted by Gasteiger charge is 2.11. The minimum atomic E-state index is -0.613. The van der Waals surface area contributed by atoms with Crippen LogP contribution in [0.2, 0.25) is 0 Å². The van der Waals surface area contributed by atoms with Gasteiger partial charge in [-0.15, -0.1) is 0 Å². The zero-order valence-corrected chi connectivity index (χ0v) is 12.4. The Morgan fingerprint density at radius 3 is 2.71 bits per heavy atom. The summed E-state index contributed by atoms with van der Waals surface area (Å²) in [5.41, 5.74) is 1.60. The van der Waals surface area contributed by atoms with Crippen LogP contribution in [-0.4, -0.2) is 55.9 Å². The van der Waals surface area contributed by atoms with Crippen LogP contribution in [0.1, 0.15) is 5.56 Å². The van der Waals surface area contributed by atoms with Gasteiger partial charge in [-0.05, 0) is 24.7 Å². The summed E-state index contributed by atoms with van der Waals surface area (Å²) in [7, 11) is 3.28. The molecule has 2 N–H and O–H groups in total. The van der Waals surface area contributed by atoms with E-state index >= 15 is 0 Å². The van der Waals surface area contributed by atoms with E-state index in [-0.39, 0.29) is 19.1 Å². The fraction of sp³-hybridized carbons (Fsp3) is 0.467. The van der Waals surface area contributed by atoms with Crippen molar-refractivity contribution in [1.29, 1.82) is 5.26 Å². The highest BCUT2D eigenvalue weighted by molar-refractivity contribution is 5.92. The molecule has 0 radical (unpaired) electrons. The third kappa shape index (κ3) is 6.86. The molecule has 0 fully saturated rings. The van der Waals surface area contributed by atoms with E-state index in [2.05, 4.69) is 11.4 Å². The Morgan fingerprint density at radius 2 is 2.14 bits per heavy atom. The highest BCUT2D eigenvalue weighted by atomic mass is 16.5. The molecule has 0 spiro atoms. The number of methoxy groups -OCH3 is 1. The van der Waals surface area contributed by atoms with E-state index < -0.39 is 6.10 Å². The number of hydrogen-bond acceptors (Lipinski definition) is 5. The zero-order valence-electron chi connectivity index (χ0n) is 12.4. The number of carbonyl (C=O) groups excluding carboxylic acids is 1. The lowest BCUT2D eigenvalue weighted by molar-refractivity contribution is -0.117. The molecule has 1 amide bonds. The Balaban J connectivity index is 2.40. The highest BCUT2D eigenvalue weighted by Crippen LogP contribution is 2.09. The first-order chi connectivity index (χ1) is 10.0. The van der Waals surface area contributed by atoms with Crippen molar-refractivity contribution in [3.63, 3.8) is 0 Å². The summed E-state index contributed by atoms with van der Waals surface area (Å²) in [6.07, 6.45) is -0.257. The van der Waals surface area contributed by atoms with Crippen molar-refractivity contribution < 1.29 is 14.6 Å². The van der Waals surface area contributed by atoms with Crippen LogP contribution in [0.3, 0.4) is 0 Å². The van der Waals surface area contributed by atoms with Gasteiger partial charge in [0.25, 0.3) is 0 Å². The zero-order chi connectivity index (χ0) is 15.7. The first-order valence-electron chi connectivity index (χ1n) is 6.66. The molecule has 21 heavy (non-hydrogen) atoms. The maximum atomic E-state index is 11.9. The predicted molar refractivity (Wildman–Crippen MR) is 79.8 cm³/mol. The van der Waals surface area contributed by atoms with Crippen LogP contribution < -0.4 is 5.32 Å². The average Bonchev–Trinajstić information content (AvgIpc) is 2.41. The lowest BCUT2D eigenvalue weighted by atomic mass is 10.1. The monoisotopic (exact) mass is 291 g/mol. The van der Waals surface area contributed by atoms with Gasteiger partial charge in [0.15, 0.2) is 0 Å². The lowest BCUT2D eigenvalue weighted by Crippen LogP contribution is -2.37. The fourth-order valence-electron chi connectivity index (χ4n) is 1.91. The molecule has 0 aliphatic rings. The minimum Gasteiger partial charge on any atom is -0.389 e. The largest absolute Gasteiger partial charge is 0.389 e. The number of anilines is 1. The molecule has 1 aromatic rings. The number of likely N-dealkylation sites (N-methyl/N-ethyl adjacent to an activating group) is 1. The smallest absolute Gasteiger partial charge is 0.238 e. The molecule has 0 aromatic heterocycles. The second-order valence-corrected chi connectivity index (χ2v) is 4.89. The number of aliphatic hydroxyl groups is 1. The number of aliphatic hydroxyl groups excluding tert-OH is 1. The van der Waals surface area contributed by atoms with Crippen LogP contribution in [0, 0.1) is 11.3 Å². The van der Waals surface area contributed by atoms with E-state index in [0.717, 1.165) is 5.56 Å². The van der Waals surface area contributed by atoms with Gasteiger partial charge in [-0.25, -0.2) is 0 Å². The molecule has 0 heterocycles. The molecule has 0 aliphatic heterocycles. The van der Waals surface area contributed by atoms with Crippen molar-refractivity contribution in [2.75, 3.05) is 39.2 Å². The van der Waals surface area contributed by atoms with Gasteiger partial charge in [0.05, 0.1) is 31.7 Å². The van der Waals surface area contributed by atoms with Crippen LogP contribution in [-0.2, 0) is 16.0 Å². The Labute approximate surface area is 124 Å². The van der Waals surface area contributed by atoms with Gasteiger partial charge in [-0.1, -0.05) is 12.1 Å². The number of hydrogen-bond donors (Lipinski definition) is 2. The first kappa shape index (κ1) is 17.1. The number of rotatable bonds is 8. The second kappa shape index (κ2) is 9.08. The quantitative estimate of drug-likeness (QED) is 0.734. The van der Waals surface area contributed by atoms with Gasteiger partial charge in [-0.2, -0.15) is 5.26 Å². The van der Waals surface area contributed by atoms with E-state index in [9.17, 15) is 9.90 Å². The number of amides is 1. The Kier molecular flexibility index (Phi) is 7.40. The summed E-state index contributed by atoms with van der Waals surface area (Å²) >= 11 is 0. The van der Waals surface area contributed by atoms with Crippen molar-refractivity contribution in [1.82, 2.24) is 4.90 Å². The van der Waals surface area contributed by atoms with Crippen molar-refractivity contribution >= 4 is 11.6 Å². The molecule has 1 rings (SSSR count). The standard InChI is InChI=1S/C15H21N3O3/c1-18(9-14(19)11-21-2)10-15(20)17-13-5-3-12(4-6-13)7-8-16/h3-6,14,19H,7,9-11H2,1-2H3,(H,17,20). The lowest BCUT2D eigenvalue weighted by Gasteiger charge is -2.19. The molecule has 0 saturated carbocycles. The number of nitrogens with zero attached hydrogens (tertiary/aromatic N) is 2. The number of nitrogens with one attached hydrogen (secondary N) is 1. The molecular formula is C15H21N3O3. The molecule has 1 aromatic carbocycles. The summed E-state index contributed by atoms with van der Waals surface area (Å²) in [6, 6.07) is 9.23. The van der Waals surface area contributed by atoms with Gasteiger partial charge in [0.2, 0.25) is 5.91 Å². The van der Waals surface area contributed by atoms with Crippen molar-refractivity contribution in [2.24, 2.45) is 0 Å². The molecule has 0 bridgehead atoms. The van der Waals surface area contributed by atoms with E-state index in [1.165, 1.54) is 7.11 Å². The van der Waals surface area contributed by atoms with Crippen LogP contribution in [0.15, 0.2) is 24.3 Å². The van der Waals surface area contributed by atoms with Crippen molar-refractivity contribution in [2.45, 2.75) is 12.5 Å². The normalized spacial score (nSPS) is 12.0. The molecule has 114 valence electrons. The molecule has 0 aliphatic carbocycles. The van der Waals surface area contributed by atoms with E-state index in [1.807, 2.05) is 12.1 Å². The second-order valence-electron chi connectivity index (χ2n) is 4.89. The Hall–Kier alpha value is -1.94. The number of nitriles is 1. The van der Waals surface area contributed by atoms with Crippen LogP contribution >= 0.6 is 0 Å². The minimum absolute atomic E-state index is 0.157. The van der Waals surface area contributed by atoms with E-state index in [4.69, 9.17) is 10.00 Å². The molecular weight excluding hydrogens is 270 g/mol. The molecule has 1 unspecified atom stereocenters. The Morgan fingerprint density at radius 1 is 1.48 bits per heavy atom. The summed E-state index contributed by atoms with van der Waals surface area (Å²) < 4.78 is 4.84. The van der Waals surface area contributed by atoms with Crippen LogP contribution in [0.25, 0.3) is 0 Å². The van der Waals surface area contributed by atoms with Crippen LogP contribution in [0.5, 0.6) is 0 Å². The van der Waals surface area contributed by atoms with Gasteiger partial charge in [0.1, 0.15) is 0 Å². The third-order valence-electron chi connectivity index (χ3n) is 2.82. The Bertz CT molecular complexity index is 482. The summed E-state index contributed by atoms with van der Waals surface area (Å²) in [5.74, 6) is -0.157. The number of benzene rings is 1. The maximum absolute atomic E-state index is 11.9. The number of carbonyl (C=O) groups is 1. The van der Waals surface area contributed by atoms with E-state index in [0.29, 0.717) is 18.7 Å². The third-order valence-corrected chi connectivity index (χ3v) is 2.82. The summed E-state index contributed by atoms with van der Waals surface area (Å²) in [6.45, 7) is 0.787. The summed E-state index contributed by atoms with van der Waals surface area (Å²) in [5, 5.41) is 20.9. The molecule has 6 nitrogen and oxygen atoms in total. The van der Waals surface area contributed by atoms with Gasteiger partial charge in [0, 0.05) is 19.3 Å². The first-order valence-corrected chi connectivity index (χ1v) is 6.66.